The van der Waals surface area contributed by atoms with Gasteiger partial charge in [0, 0.05) is 24.3 Å². The lowest BCUT2D eigenvalue weighted by molar-refractivity contribution is -0.247. The van der Waals surface area contributed by atoms with Gasteiger partial charge in [0.15, 0.2) is 6.29 Å². The molecule has 0 radical (unpaired) electrons. The van der Waals surface area contributed by atoms with Crippen LogP contribution in [0, 0.1) is 17.8 Å². The zero-order valence-electron chi connectivity index (χ0n) is 22.1. The van der Waals surface area contributed by atoms with Crippen molar-refractivity contribution in [1.82, 2.24) is 5.32 Å². The molecule has 5 atom stereocenters. The Bertz CT molecular complexity index is 667. The molecule has 1 heterocycles. The monoisotopic (exact) mass is 459 g/mol. The highest BCUT2D eigenvalue weighted by atomic mass is 16.7. The molecule has 1 aromatic carbocycles. The highest BCUT2D eigenvalue weighted by Crippen LogP contribution is 2.39. The summed E-state index contributed by atoms with van der Waals surface area (Å²) in [6, 6.07) is 10.7. The summed E-state index contributed by atoms with van der Waals surface area (Å²) in [6.07, 6.45) is 8.29. The van der Waals surface area contributed by atoms with Crippen LogP contribution < -0.4 is 5.32 Å². The van der Waals surface area contributed by atoms with Crippen LogP contribution in [0.25, 0.3) is 0 Å². The second kappa shape index (κ2) is 14.1. The van der Waals surface area contributed by atoms with E-state index < -0.39 is 0 Å². The first-order valence-electron chi connectivity index (χ1n) is 13.5. The first-order valence-corrected chi connectivity index (χ1v) is 13.5. The zero-order chi connectivity index (χ0) is 24.3. The lowest BCUT2D eigenvalue weighted by Crippen LogP contribution is -2.46. The van der Waals surface area contributed by atoms with Gasteiger partial charge in [-0.3, -0.25) is 4.79 Å². The summed E-state index contributed by atoms with van der Waals surface area (Å²) in [6.45, 7) is 14.4. The number of carbonyl (C=O) groups excluding carboxylic acids is 1. The maximum Gasteiger partial charge on any atom is 0.220 e. The van der Waals surface area contributed by atoms with E-state index in [9.17, 15) is 4.79 Å². The van der Waals surface area contributed by atoms with Gasteiger partial charge in [0.2, 0.25) is 5.91 Å². The van der Waals surface area contributed by atoms with Gasteiger partial charge >= 0.3 is 0 Å². The highest BCUT2D eigenvalue weighted by Gasteiger charge is 2.38. The molecule has 1 amide bonds. The van der Waals surface area contributed by atoms with Gasteiger partial charge in [-0.25, -0.2) is 0 Å². The van der Waals surface area contributed by atoms with Crippen LogP contribution in [0.3, 0.4) is 0 Å². The number of benzene rings is 1. The molecule has 1 saturated heterocycles. The lowest BCUT2D eigenvalue weighted by Gasteiger charge is -2.43. The third-order valence-electron chi connectivity index (χ3n) is 7.99. The van der Waals surface area contributed by atoms with Crippen molar-refractivity contribution >= 4 is 5.91 Å². The van der Waals surface area contributed by atoms with Crippen molar-refractivity contribution in [3.63, 3.8) is 0 Å². The average molecular weight is 460 g/mol. The van der Waals surface area contributed by atoms with Crippen molar-refractivity contribution in [1.29, 1.82) is 0 Å². The summed E-state index contributed by atoms with van der Waals surface area (Å²) < 4.78 is 12.3. The van der Waals surface area contributed by atoms with Crippen molar-refractivity contribution in [2.24, 2.45) is 17.8 Å². The molecule has 0 spiro atoms. The third-order valence-corrected chi connectivity index (χ3v) is 7.99. The number of hydrogen-bond acceptors (Lipinski definition) is 3. The lowest BCUT2D eigenvalue weighted by atomic mass is 9.70. The van der Waals surface area contributed by atoms with Gasteiger partial charge in [0.25, 0.3) is 0 Å². The maximum atomic E-state index is 13.1. The fourth-order valence-corrected chi connectivity index (χ4v) is 5.39. The van der Waals surface area contributed by atoms with Crippen LogP contribution >= 0.6 is 0 Å². The fourth-order valence-electron chi connectivity index (χ4n) is 5.39. The minimum absolute atomic E-state index is 0.0842. The van der Waals surface area contributed by atoms with Crippen LogP contribution in [0.15, 0.2) is 30.3 Å². The van der Waals surface area contributed by atoms with Crippen LogP contribution in [0.2, 0.25) is 0 Å². The van der Waals surface area contributed by atoms with E-state index in [1.54, 1.807) is 0 Å². The molecule has 33 heavy (non-hydrogen) atoms. The summed E-state index contributed by atoms with van der Waals surface area (Å²) in [5, 5.41) is 3.14. The molecule has 1 aromatic rings. The van der Waals surface area contributed by atoms with Gasteiger partial charge in [-0.2, -0.15) is 0 Å². The fraction of sp³-hybridized carbons (Fsp3) is 0.759. The molecule has 2 rings (SSSR count). The van der Waals surface area contributed by atoms with Gasteiger partial charge in [0.1, 0.15) is 0 Å². The van der Waals surface area contributed by atoms with Crippen molar-refractivity contribution in [3.8, 4) is 0 Å². The molecule has 1 aliphatic rings. The Kier molecular flexibility index (Phi) is 11.9. The maximum absolute atomic E-state index is 13.1. The van der Waals surface area contributed by atoms with Gasteiger partial charge in [0.05, 0.1) is 12.7 Å². The summed E-state index contributed by atoms with van der Waals surface area (Å²) in [5.74, 6) is 1.59. The van der Waals surface area contributed by atoms with Gasteiger partial charge in [-0.1, -0.05) is 97.6 Å². The largest absolute Gasteiger partial charge is 0.354 e. The van der Waals surface area contributed by atoms with E-state index >= 15 is 0 Å². The third kappa shape index (κ3) is 7.82. The topological polar surface area (TPSA) is 47.6 Å². The molecular weight excluding hydrogens is 410 g/mol. The first kappa shape index (κ1) is 27.9. The molecule has 0 aromatic heterocycles. The highest BCUT2D eigenvalue weighted by molar-refractivity contribution is 5.77. The molecule has 2 unspecified atom stereocenters. The predicted molar refractivity (Wildman–Crippen MR) is 137 cm³/mol. The summed E-state index contributed by atoms with van der Waals surface area (Å²) in [5.41, 5.74) is 1.22. The predicted octanol–water partition coefficient (Wildman–Crippen LogP) is 6.87. The molecule has 0 bridgehead atoms. The normalized spacial score (nSPS) is 25.7. The second-order valence-corrected chi connectivity index (χ2v) is 10.3. The smallest absolute Gasteiger partial charge is 0.220 e. The number of amides is 1. The van der Waals surface area contributed by atoms with Gasteiger partial charge < -0.3 is 14.8 Å². The van der Waals surface area contributed by atoms with E-state index in [1.165, 1.54) is 5.56 Å². The second-order valence-electron chi connectivity index (χ2n) is 10.3. The quantitative estimate of drug-likeness (QED) is 0.309. The number of ether oxygens (including phenoxy) is 2. The van der Waals surface area contributed by atoms with Crippen molar-refractivity contribution in [2.45, 2.75) is 111 Å². The van der Waals surface area contributed by atoms with Crippen LogP contribution in [0.5, 0.6) is 0 Å². The molecule has 0 saturated carbocycles. The van der Waals surface area contributed by atoms with Crippen LogP contribution in [-0.2, 0) is 19.7 Å². The van der Waals surface area contributed by atoms with Crippen molar-refractivity contribution in [2.75, 3.05) is 13.2 Å². The number of hydrogen-bond donors (Lipinski definition) is 1. The molecule has 188 valence electrons. The molecule has 0 aliphatic carbocycles. The Balaban J connectivity index is 1.94. The Hall–Kier alpha value is -1.39. The Labute approximate surface area is 203 Å². The average Bonchev–Trinajstić information content (AvgIpc) is 2.83. The van der Waals surface area contributed by atoms with E-state index in [4.69, 9.17) is 9.47 Å². The Morgan fingerprint density at radius 2 is 1.61 bits per heavy atom. The summed E-state index contributed by atoms with van der Waals surface area (Å²) >= 11 is 0. The van der Waals surface area contributed by atoms with Crippen LogP contribution in [0.4, 0.5) is 0 Å². The van der Waals surface area contributed by atoms with E-state index in [1.807, 2.05) is 0 Å². The minimum Gasteiger partial charge on any atom is -0.354 e. The number of unbranched alkanes of at least 4 members (excludes halogenated alkanes) is 2. The van der Waals surface area contributed by atoms with E-state index in [2.05, 4.69) is 77.2 Å². The SMILES string of the molecule is CCCCC(CCCC)(CC(=O)NCCO[C@H]1OC(CC)[C@H](C)C(C)[C@H]1C)c1ccccc1. The van der Waals surface area contributed by atoms with E-state index in [0.29, 0.717) is 37.3 Å². The van der Waals surface area contributed by atoms with E-state index in [0.717, 1.165) is 44.9 Å². The zero-order valence-corrected chi connectivity index (χ0v) is 22.1. The van der Waals surface area contributed by atoms with Crippen molar-refractivity contribution < 1.29 is 14.3 Å². The summed E-state index contributed by atoms with van der Waals surface area (Å²) in [4.78, 5) is 13.1. The molecule has 1 fully saturated rings. The first-order chi connectivity index (χ1) is 15.9. The Morgan fingerprint density at radius 3 is 2.18 bits per heavy atom. The molecule has 4 heteroatoms. The number of nitrogens with one attached hydrogen (secondary N) is 1. The summed E-state index contributed by atoms with van der Waals surface area (Å²) in [7, 11) is 0. The standard InChI is InChI=1S/C29H49NO3/c1-7-10-17-29(18-11-8-2,25-15-13-12-14-16-25)21-27(31)30-19-20-32-28-24(6)22(4)23(5)26(9-3)33-28/h12-16,22-24,26,28H,7-11,17-21H2,1-6H3,(H,30,31)/t22?,23-,24-,26?,28+/m1/s1. The van der Waals surface area contributed by atoms with E-state index in [-0.39, 0.29) is 23.7 Å². The van der Waals surface area contributed by atoms with Gasteiger partial charge in [-0.05, 0) is 36.7 Å². The van der Waals surface area contributed by atoms with Crippen LogP contribution in [0.1, 0.15) is 98.5 Å². The molecule has 1 N–H and O–H groups in total. The molecular formula is C29H49NO3. The molecule has 4 nitrogen and oxygen atoms in total. The number of rotatable bonds is 14. The minimum atomic E-state index is -0.185. The number of carbonyl (C=O) groups is 1. The Morgan fingerprint density at radius 1 is 0.970 bits per heavy atom. The van der Waals surface area contributed by atoms with Crippen LogP contribution in [-0.4, -0.2) is 31.5 Å². The van der Waals surface area contributed by atoms with Crippen molar-refractivity contribution in [3.05, 3.63) is 35.9 Å². The molecule has 1 aliphatic heterocycles. The van der Waals surface area contributed by atoms with Gasteiger partial charge in [-0.15, -0.1) is 0 Å².